The van der Waals surface area contributed by atoms with E-state index in [2.05, 4.69) is 50.0 Å². The first-order chi connectivity index (χ1) is 9.93. The monoisotopic (exact) mass is 287 g/mol. The first kappa shape index (κ1) is 14.8. The number of hydrogen-bond donors (Lipinski definition) is 1. The molecule has 3 heteroatoms. The van der Waals surface area contributed by atoms with Gasteiger partial charge in [0.25, 0.3) is 0 Å². The lowest BCUT2D eigenvalue weighted by atomic mass is 9.93. The van der Waals surface area contributed by atoms with Crippen LogP contribution in [0.5, 0.6) is 0 Å². The van der Waals surface area contributed by atoms with E-state index in [4.69, 9.17) is 4.98 Å². The number of aromatic nitrogens is 1. The van der Waals surface area contributed by atoms with E-state index in [1.54, 1.807) is 0 Å². The number of nitrogens with one attached hydrogen (secondary N) is 1. The van der Waals surface area contributed by atoms with Crippen molar-refractivity contribution in [1.82, 2.24) is 10.3 Å². The van der Waals surface area contributed by atoms with Crippen LogP contribution in [0.25, 0.3) is 0 Å². The van der Waals surface area contributed by atoms with E-state index in [1.807, 2.05) is 0 Å². The molecule has 0 bridgehead atoms. The quantitative estimate of drug-likeness (QED) is 0.895. The highest BCUT2D eigenvalue weighted by atomic mass is 15.2. The Balaban J connectivity index is 1.80. The lowest BCUT2D eigenvalue weighted by molar-refractivity contribution is 0.418. The predicted octanol–water partition coefficient (Wildman–Crippen LogP) is 3.69. The number of hydrogen-bond acceptors (Lipinski definition) is 3. The van der Waals surface area contributed by atoms with Crippen LogP contribution < -0.4 is 10.2 Å². The molecule has 1 aliphatic heterocycles. The van der Waals surface area contributed by atoms with Gasteiger partial charge >= 0.3 is 0 Å². The van der Waals surface area contributed by atoms with Gasteiger partial charge in [-0.25, -0.2) is 4.98 Å². The van der Waals surface area contributed by atoms with Gasteiger partial charge in [-0.1, -0.05) is 27.7 Å². The van der Waals surface area contributed by atoms with E-state index in [9.17, 15) is 0 Å². The van der Waals surface area contributed by atoms with Gasteiger partial charge in [-0.15, -0.1) is 0 Å². The normalized spacial score (nSPS) is 21.3. The molecule has 2 heterocycles. The average molecular weight is 287 g/mol. The lowest BCUT2D eigenvalue weighted by Gasteiger charge is -2.22. The minimum atomic E-state index is 0.419. The van der Waals surface area contributed by atoms with Gasteiger partial charge in [-0.05, 0) is 48.3 Å². The highest BCUT2D eigenvalue weighted by Crippen LogP contribution is 2.32. The number of nitrogens with zero attached hydrogens (tertiary/aromatic N) is 2. The molecule has 2 fully saturated rings. The van der Waals surface area contributed by atoms with E-state index in [0.717, 1.165) is 25.7 Å². The topological polar surface area (TPSA) is 28.2 Å². The molecule has 1 aromatic rings. The number of pyridine rings is 1. The highest BCUT2D eigenvalue weighted by Gasteiger charge is 2.30. The van der Waals surface area contributed by atoms with Crippen LogP contribution in [-0.2, 0) is 6.54 Å². The molecule has 1 N–H and O–H groups in total. The molecule has 0 amide bonds. The fraction of sp³-hybridized carbons (Fsp3) is 0.722. The number of rotatable bonds is 5. The van der Waals surface area contributed by atoms with E-state index >= 15 is 0 Å². The molecule has 2 aliphatic rings. The van der Waals surface area contributed by atoms with Crippen LogP contribution in [0.1, 0.15) is 64.1 Å². The first-order valence-corrected chi connectivity index (χ1v) is 8.42. The zero-order valence-electron chi connectivity index (χ0n) is 13.9. The molecule has 0 aromatic carbocycles. The van der Waals surface area contributed by atoms with Crippen molar-refractivity contribution in [3.63, 3.8) is 0 Å². The smallest absolute Gasteiger partial charge is 0.129 e. The summed E-state index contributed by atoms with van der Waals surface area (Å²) in [5.74, 6) is 1.67. The summed E-state index contributed by atoms with van der Waals surface area (Å²) in [6, 6.07) is 5.34. The third-order valence-corrected chi connectivity index (χ3v) is 4.66. The van der Waals surface area contributed by atoms with E-state index in [-0.39, 0.29) is 0 Å². The summed E-state index contributed by atoms with van der Waals surface area (Å²) < 4.78 is 0. The van der Waals surface area contributed by atoms with Gasteiger partial charge in [-0.2, -0.15) is 0 Å². The zero-order valence-corrected chi connectivity index (χ0v) is 13.9. The maximum atomic E-state index is 4.92. The Kier molecular flexibility index (Phi) is 3.96. The Morgan fingerprint density at radius 1 is 1.33 bits per heavy atom. The molecule has 0 unspecified atom stereocenters. The second-order valence-corrected chi connectivity index (χ2v) is 7.90. The molecule has 21 heavy (non-hydrogen) atoms. The standard InChI is InChI=1S/C18H29N3/c1-13(2)16-9-14(11-19-15-5-6-15)10-17(20-16)21-8-7-18(3,4)12-21/h9-10,13,15,19H,5-8,11-12H2,1-4H3. The summed E-state index contributed by atoms with van der Waals surface area (Å²) >= 11 is 0. The summed E-state index contributed by atoms with van der Waals surface area (Å²) in [7, 11) is 0. The third kappa shape index (κ3) is 3.76. The molecule has 0 atom stereocenters. The van der Waals surface area contributed by atoms with Crippen LogP contribution in [0, 0.1) is 5.41 Å². The van der Waals surface area contributed by atoms with Crippen molar-refractivity contribution in [1.29, 1.82) is 0 Å². The van der Waals surface area contributed by atoms with Crippen LogP contribution in [0.2, 0.25) is 0 Å². The Hall–Kier alpha value is -1.09. The summed E-state index contributed by atoms with van der Waals surface area (Å²) in [5, 5.41) is 3.63. The maximum Gasteiger partial charge on any atom is 0.129 e. The summed E-state index contributed by atoms with van der Waals surface area (Å²) in [6.45, 7) is 12.4. The highest BCUT2D eigenvalue weighted by molar-refractivity contribution is 5.44. The molecule has 0 spiro atoms. The fourth-order valence-corrected chi connectivity index (χ4v) is 3.01. The number of anilines is 1. The molecule has 1 saturated carbocycles. The molecule has 3 rings (SSSR count). The fourth-order valence-electron chi connectivity index (χ4n) is 3.01. The minimum Gasteiger partial charge on any atom is -0.356 e. The van der Waals surface area contributed by atoms with Gasteiger partial charge in [0.1, 0.15) is 5.82 Å². The van der Waals surface area contributed by atoms with Crippen LogP contribution in [-0.4, -0.2) is 24.1 Å². The zero-order chi connectivity index (χ0) is 15.0. The van der Waals surface area contributed by atoms with Crippen molar-refractivity contribution >= 4 is 5.82 Å². The third-order valence-electron chi connectivity index (χ3n) is 4.66. The SMILES string of the molecule is CC(C)c1cc(CNC2CC2)cc(N2CCC(C)(C)C2)n1. The molecule has 1 saturated heterocycles. The molecular formula is C18H29N3. The Morgan fingerprint density at radius 3 is 2.67 bits per heavy atom. The van der Waals surface area contributed by atoms with E-state index in [0.29, 0.717) is 11.3 Å². The van der Waals surface area contributed by atoms with Gasteiger partial charge in [0, 0.05) is 31.4 Å². The summed E-state index contributed by atoms with van der Waals surface area (Å²) in [5.41, 5.74) is 3.03. The molecule has 1 aromatic heterocycles. The van der Waals surface area contributed by atoms with Gasteiger partial charge in [0.05, 0.1) is 0 Å². The Bertz CT molecular complexity index is 503. The van der Waals surface area contributed by atoms with Gasteiger partial charge in [0.2, 0.25) is 0 Å². The summed E-state index contributed by atoms with van der Waals surface area (Å²) in [6.07, 6.45) is 3.95. The Morgan fingerprint density at radius 2 is 2.10 bits per heavy atom. The average Bonchev–Trinajstić information content (AvgIpc) is 3.19. The van der Waals surface area contributed by atoms with Crippen molar-refractivity contribution in [3.8, 4) is 0 Å². The maximum absolute atomic E-state index is 4.92. The van der Waals surface area contributed by atoms with Crippen LogP contribution >= 0.6 is 0 Å². The minimum absolute atomic E-state index is 0.419. The second-order valence-electron chi connectivity index (χ2n) is 7.90. The first-order valence-electron chi connectivity index (χ1n) is 8.42. The second kappa shape index (κ2) is 5.60. The van der Waals surface area contributed by atoms with Crippen LogP contribution in [0.3, 0.4) is 0 Å². The van der Waals surface area contributed by atoms with Crippen molar-refractivity contribution in [2.24, 2.45) is 5.41 Å². The van der Waals surface area contributed by atoms with Crippen LogP contribution in [0.15, 0.2) is 12.1 Å². The molecule has 116 valence electrons. The lowest BCUT2D eigenvalue weighted by Crippen LogP contribution is -2.24. The van der Waals surface area contributed by atoms with Crippen LogP contribution in [0.4, 0.5) is 5.82 Å². The van der Waals surface area contributed by atoms with E-state index < -0.39 is 0 Å². The van der Waals surface area contributed by atoms with Crippen molar-refractivity contribution in [3.05, 3.63) is 23.4 Å². The largest absolute Gasteiger partial charge is 0.356 e. The predicted molar refractivity (Wildman–Crippen MR) is 88.8 cm³/mol. The van der Waals surface area contributed by atoms with Crippen molar-refractivity contribution < 1.29 is 0 Å². The van der Waals surface area contributed by atoms with Crippen molar-refractivity contribution in [2.75, 3.05) is 18.0 Å². The molecule has 3 nitrogen and oxygen atoms in total. The van der Waals surface area contributed by atoms with Crippen molar-refractivity contribution in [2.45, 2.75) is 65.5 Å². The van der Waals surface area contributed by atoms with Gasteiger partial charge in [-0.3, -0.25) is 0 Å². The molecule has 1 aliphatic carbocycles. The molecule has 0 radical (unpaired) electrons. The Labute approximate surface area is 129 Å². The summed E-state index contributed by atoms with van der Waals surface area (Å²) in [4.78, 5) is 7.39. The van der Waals surface area contributed by atoms with Gasteiger partial charge in [0.15, 0.2) is 0 Å². The van der Waals surface area contributed by atoms with Gasteiger partial charge < -0.3 is 10.2 Å². The molecular weight excluding hydrogens is 258 g/mol. The van der Waals surface area contributed by atoms with E-state index in [1.165, 1.54) is 36.3 Å².